The molecule has 0 aliphatic carbocycles. The molecule has 27 heavy (non-hydrogen) atoms. The summed E-state index contributed by atoms with van der Waals surface area (Å²) in [7, 11) is 1.66. The number of methoxy groups -OCH3 is 1. The molecule has 138 valence electrons. The minimum Gasteiger partial charge on any atom is -0.497 e. The molecule has 0 saturated heterocycles. The van der Waals surface area contributed by atoms with Crippen LogP contribution in [0.3, 0.4) is 0 Å². The molecule has 0 amide bonds. The van der Waals surface area contributed by atoms with E-state index in [1.165, 1.54) is 5.56 Å². The third-order valence-electron chi connectivity index (χ3n) is 4.65. The number of carbonyl (C=O) groups excluding carboxylic acids is 1. The first kappa shape index (κ1) is 18.9. The van der Waals surface area contributed by atoms with E-state index in [2.05, 4.69) is 29.6 Å². The second kappa shape index (κ2) is 9.70. The highest BCUT2D eigenvalue weighted by atomic mass is 16.5. The average Bonchev–Trinajstić information content (AvgIpc) is 2.74. The molecule has 0 fully saturated rings. The molecule has 0 aliphatic rings. The van der Waals surface area contributed by atoms with Crippen molar-refractivity contribution in [3.05, 3.63) is 102 Å². The van der Waals surface area contributed by atoms with E-state index < -0.39 is 0 Å². The van der Waals surface area contributed by atoms with Crippen molar-refractivity contribution in [1.29, 1.82) is 0 Å². The predicted octanol–water partition coefficient (Wildman–Crippen LogP) is 4.84. The van der Waals surface area contributed by atoms with E-state index in [1.54, 1.807) is 7.11 Å². The van der Waals surface area contributed by atoms with Gasteiger partial charge in [-0.15, -0.1) is 0 Å². The molecule has 0 aromatic heterocycles. The SMILES string of the molecule is COc1ccc(C(CC(=O)c2ccccc2)NCCc2ccccc2)cc1. The summed E-state index contributed by atoms with van der Waals surface area (Å²) in [5, 5.41) is 3.56. The van der Waals surface area contributed by atoms with Crippen molar-refractivity contribution in [3.63, 3.8) is 0 Å². The van der Waals surface area contributed by atoms with Crippen LogP contribution in [0.15, 0.2) is 84.9 Å². The standard InChI is InChI=1S/C24H25NO2/c1-27-22-14-12-20(13-15-22)23(18-24(26)21-10-6-3-7-11-21)25-17-16-19-8-4-2-5-9-19/h2-15,23,25H,16-18H2,1H3. The second-order valence-electron chi connectivity index (χ2n) is 6.51. The van der Waals surface area contributed by atoms with Gasteiger partial charge in [0.1, 0.15) is 5.75 Å². The highest BCUT2D eigenvalue weighted by molar-refractivity contribution is 5.96. The largest absolute Gasteiger partial charge is 0.497 e. The second-order valence-corrected chi connectivity index (χ2v) is 6.51. The summed E-state index contributed by atoms with van der Waals surface area (Å²) in [4.78, 5) is 12.7. The summed E-state index contributed by atoms with van der Waals surface area (Å²) in [6.07, 6.45) is 1.35. The zero-order valence-electron chi connectivity index (χ0n) is 15.6. The summed E-state index contributed by atoms with van der Waals surface area (Å²) < 4.78 is 5.25. The number of carbonyl (C=O) groups is 1. The number of hydrogen-bond acceptors (Lipinski definition) is 3. The van der Waals surface area contributed by atoms with Crippen molar-refractivity contribution in [2.24, 2.45) is 0 Å². The minimum absolute atomic E-state index is 0.0349. The van der Waals surface area contributed by atoms with Gasteiger partial charge in [-0.1, -0.05) is 72.8 Å². The molecule has 1 N–H and O–H groups in total. The summed E-state index contributed by atoms with van der Waals surface area (Å²) in [5.41, 5.74) is 3.13. The lowest BCUT2D eigenvalue weighted by atomic mass is 9.97. The lowest BCUT2D eigenvalue weighted by Gasteiger charge is -2.19. The summed E-state index contributed by atoms with van der Waals surface area (Å²) in [6.45, 7) is 0.808. The lowest BCUT2D eigenvalue weighted by molar-refractivity contribution is 0.0968. The fraction of sp³-hybridized carbons (Fsp3) is 0.208. The zero-order chi connectivity index (χ0) is 18.9. The molecule has 0 spiro atoms. The van der Waals surface area contributed by atoms with E-state index >= 15 is 0 Å². The van der Waals surface area contributed by atoms with Gasteiger partial charge >= 0.3 is 0 Å². The van der Waals surface area contributed by atoms with Crippen LogP contribution in [0.25, 0.3) is 0 Å². The lowest BCUT2D eigenvalue weighted by Crippen LogP contribution is -2.26. The Bertz CT molecular complexity index is 829. The highest BCUT2D eigenvalue weighted by Crippen LogP contribution is 2.22. The number of rotatable bonds is 9. The molecule has 3 aromatic rings. The molecular formula is C24H25NO2. The van der Waals surface area contributed by atoms with Gasteiger partial charge in [-0.3, -0.25) is 4.79 Å². The average molecular weight is 359 g/mol. The molecule has 0 aliphatic heterocycles. The maximum Gasteiger partial charge on any atom is 0.164 e. The van der Waals surface area contributed by atoms with Crippen LogP contribution in [0.5, 0.6) is 5.75 Å². The van der Waals surface area contributed by atoms with Gasteiger partial charge in [0, 0.05) is 18.0 Å². The molecule has 0 saturated carbocycles. The molecular weight excluding hydrogens is 334 g/mol. The Kier molecular flexibility index (Phi) is 6.78. The van der Waals surface area contributed by atoms with Crippen molar-refractivity contribution >= 4 is 5.78 Å². The van der Waals surface area contributed by atoms with E-state index in [0.717, 1.165) is 29.8 Å². The highest BCUT2D eigenvalue weighted by Gasteiger charge is 2.17. The Morgan fingerprint density at radius 3 is 2.15 bits per heavy atom. The van der Waals surface area contributed by atoms with Crippen LogP contribution in [0, 0.1) is 0 Å². The van der Waals surface area contributed by atoms with Crippen molar-refractivity contribution < 1.29 is 9.53 Å². The van der Waals surface area contributed by atoms with Crippen molar-refractivity contribution in [2.75, 3.05) is 13.7 Å². The number of ether oxygens (including phenoxy) is 1. The number of hydrogen-bond donors (Lipinski definition) is 1. The van der Waals surface area contributed by atoms with Gasteiger partial charge in [-0.05, 0) is 36.2 Å². The Morgan fingerprint density at radius 1 is 0.889 bits per heavy atom. The smallest absolute Gasteiger partial charge is 0.164 e. The van der Waals surface area contributed by atoms with E-state index in [9.17, 15) is 4.79 Å². The maximum atomic E-state index is 12.7. The van der Waals surface area contributed by atoms with Crippen LogP contribution in [0.4, 0.5) is 0 Å². The van der Waals surface area contributed by atoms with Crippen molar-refractivity contribution in [1.82, 2.24) is 5.32 Å². The Labute approximate surface area is 161 Å². The van der Waals surface area contributed by atoms with Crippen LogP contribution < -0.4 is 10.1 Å². The van der Waals surface area contributed by atoms with E-state index in [4.69, 9.17) is 4.74 Å². The molecule has 0 heterocycles. The van der Waals surface area contributed by atoms with Gasteiger partial charge in [0.25, 0.3) is 0 Å². The van der Waals surface area contributed by atoms with E-state index in [1.807, 2.05) is 60.7 Å². The molecule has 3 nitrogen and oxygen atoms in total. The first-order valence-corrected chi connectivity index (χ1v) is 9.26. The summed E-state index contributed by atoms with van der Waals surface area (Å²) >= 11 is 0. The molecule has 0 radical (unpaired) electrons. The number of Topliss-reactive ketones (excluding diaryl/α,β-unsaturated/α-hetero) is 1. The fourth-order valence-electron chi connectivity index (χ4n) is 3.11. The molecule has 1 unspecified atom stereocenters. The molecule has 3 rings (SSSR count). The van der Waals surface area contributed by atoms with Crippen LogP contribution >= 0.6 is 0 Å². The van der Waals surface area contributed by atoms with Crippen LogP contribution in [0.1, 0.15) is 33.9 Å². The van der Waals surface area contributed by atoms with Gasteiger partial charge in [-0.2, -0.15) is 0 Å². The first-order valence-electron chi connectivity index (χ1n) is 9.26. The van der Waals surface area contributed by atoms with Gasteiger partial charge in [0.05, 0.1) is 7.11 Å². The maximum absolute atomic E-state index is 12.7. The Morgan fingerprint density at radius 2 is 1.52 bits per heavy atom. The molecule has 3 aromatic carbocycles. The fourth-order valence-corrected chi connectivity index (χ4v) is 3.11. The topological polar surface area (TPSA) is 38.3 Å². The molecule has 0 bridgehead atoms. The van der Waals surface area contributed by atoms with E-state index in [0.29, 0.717) is 6.42 Å². The number of ketones is 1. The normalized spacial score (nSPS) is 11.7. The number of benzene rings is 3. The van der Waals surface area contributed by atoms with Gasteiger partial charge in [0.15, 0.2) is 5.78 Å². The Hall–Kier alpha value is -2.91. The van der Waals surface area contributed by atoms with Crippen LogP contribution in [-0.4, -0.2) is 19.4 Å². The van der Waals surface area contributed by atoms with Crippen LogP contribution in [0.2, 0.25) is 0 Å². The zero-order valence-corrected chi connectivity index (χ0v) is 15.6. The van der Waals surface area contributed by atoms with Gasteiger partial charge in [0.2, 0.25) is 0 Å². The minimum atomic E-state index is -0.0349. The Balaban J connectivity index is 1.70. The monoisotopic (exact) mass is 359 g/mol. The van der Waals surface area contributed by atoms with Gasteiger partial charge < -0.3 is 10.1 Å². The van der Waals surface area contributed by atoms with E-state index in [-0.39, 0.29) is 11.8 Å². The third kappa shape index (κ3) is 5.53. The first-order chi connectivity index (χ1) is 13.3. The van der Waals surface area contributed by atoms with Crippen molar-refractivity contribution in [2.45, 2.75) is 18.9 Å². The summed E-state index contributed by atoms with van der Waals surface area (Å²) in [5.74, 6) is 0.958. The summed E-state index contributed by atoms with van der Waals surface area (Å²) in [6, 6.07) is 27.7. The van der Waals surface area contributed by atoms with Crippen molar-refractivity contribution in [3.8, 4) is 5.75 Å². The van der Waals surface area contributed by atoms with Crippen LogP contribution in [-0.2, 0) is 6.42 Å². The number of nitrogens with one attached hydrogen (secondary N) is 1. The quantitative estimate of drug-likeness (QED) is 0.556. The third-order valence-corrected chi connectivity index (χ3v) is 4.65. The van der Waals surface area contributed by atoms with Gasteiger partial charge in [-0.25, -0.2) is 0 Å². The predicted molar refractivity (Wildman–Crippen MR) is 109 cm³/mol. The molecule has 1 atom stereocenters. The molecule has 3 heteroatoms.